The van der Waals surface area contributed by atoms with Crippen molar-refractivity contribution in [2.45, 2.75) is 0 Å². The predicted octanol–water partition coefficient (Wildman–Crippen LogP) is -0.670. The Morgan fingerprint density at radius 1 is 1.08 bits per heavy atom. The third-order valence-electron chi connectivity index (χ3n) is 2.28. The molecule has 2 aliphatic rings. The van der Waals surface area contributed by atoms with Crippen LogP contribution in [-0.4, -0.2) is 10.8 Å². The molecule has 0 aromatic heterocycles. The summed E-state index contributed by atoms with van der Waals surface area (Å²) in [5.74, 6) is 0. The minimum absolute atomic E-state index is 0. The van der Waals surface area contributed by atoms with Crippen LogP contribution in [-0.2, 0) is 0 Å². The van der Waals surface area contributed by atoms with Crippen LogP contribution < -0.4 is 24.0 Å². The Kier molecular flexibility index (Phi) is 2.07. The topological polar surface area (TPSA) is 3.01 Å². The second-order valence-corrected chi connectivity index (χ2v) is 3.01. The highest BCUT2D eigenvalue weighted by atomic mass is 127. The number of para-hydroxylation sites is 1. The second-order valence-electron chi connectivity index (χ2n) is 3.01. The van der Waals surface area contributed by atoms with Crippen molar-refractivity contribution in [2.75, 3.05) is 0 Å². The van der Waals surface area contributed by atoms with Crippen LogP contribution in [0.2, 0.25) is 0 Å². The van der Waals surface area contributed by atoms with Crippen LogP contribution in [0.3, 0.4) is 0 Å². The summed E-state index contributed by atoms with van der Waals surface area (Å²) in [4.78, 5) is 0. The average Bonchev–Trinajstić information content (AvgIpc) is 2.62. The van der Waals surface area contributed by atoms with Gasteiger partial charge in [0.25, 0.3) is 0 Å². The molecular weight excluding hydrogens is 273 g/mol. The quantitative estimate of drug-likeness (QED) is 0.438. The van der Waals surface area contributed by atoms with Gasteiger partial charge < -0.3 is 24.0 Å². The van der Waals surface area contributed by atoms with Gasteiger partial charge in [-0.15, -0.1) is 0 Å². The Hall–Kier alpha value is -0.900. The smallest absolute Gasteiger partial charge is 0.218 e. The predicted molar refractivity (Wildman–Crippen MR) is 49.5 cm³/mol. The van der Waals surface area contributed by atoms with Crippen molar-refractivity contribution in [3.05, 3.63) is 47.7 Å². The first kappa shape index (κ1) is 8.69. The fraction of sp³-hybridized carbons (Fsp3) is 0. The summed E-state index contributed by atoms with van der Waals surface area (Å²) in [6.07, 6.45) is 8.49. The van der Waals surface area contributed by atoms with E-state index in [9.17, 15) is 0 Å². The van der Waals surface area contributed by atoms with E-state index in [0.717, 1.165) is 0 Å². The first-order chi connectivity index (χ1) is 5.95. The highest BCUT2D eigenvalue weighted by Crippen LogP contribution is 2.32. The molecule has 2 aliphatic heterocycles. The first-order valence-electron chi connectivity index (χ1n) is 4.07. The molecule has 0 N–H and O–H groups in total. The molecular formula is C11H8IN. The van der Waals surface area contributed by atoms with E-state index in [1.807, 2.05) is 0 Å². The number of halogens is 1. The number of benzene rings is 1. The molecule has 2 heterocycles. The standard InChI is InChI=1S/C11H8N.HI/c1-2-6-11-9(4-1)8-10-5-3-7-12(10)11;/h1-8H;1H/q+1;/p-1. The molecule has 2 heteroatoms. The molecule has 1 aromatic carbocycles. The van der Waals surface area contributed by atoms with Gasteiger partial charge in [-0.3, -0.25) is 0 Å². The van der Waals surface area contributed by atoms with E-state index in [4.69, 9.17) is 0 Å². The lowest BCUT2D eigenvalue weighted by Gasteiger charge is -1.91. The van der Waals surface area contributed by atoms with Crippen molar-refractivity contribution in [1.29, 1.82) is 0 Å². The van der Waals surface area contributed by atoms with Crippen molar-refractivity contribution in [3.8, 4) is 0 Å². The van der Waals surface area contributed by atoms with Gasteiger partial charge in [-0.1, -0.05) is 12.1 Å². The van der Waals surface area contributed by atoms with Crippen molar-refractivity contribution in [2.24, 2.45) is 0 Å². The molecule has 0 amide bonds. The van der Waals surface area contributed by atoms with Crippen LogP contribution in [0.15, 0.2) is 42.1 Å². The molecule has 64 valence electrons. The summed E-state index contributed by atoms with van der Waals surface area (Å²) in [6.45, 7) is 0. The fourth-order valence-corrected chi connectivity index (χ4v) is 1.72. The molecule has 0 atom stereocenters. The monoisotopic (exact) mass is 281 g/mol. The number of fused-ring (bicyclic) bond motifs is 3. The Bertz CT molecular complexity index is 441. The van der Waals surface area contributed by atoms with E-state index in [1.54, 1.807) is 0 Å². The van der Waals surface area contributed by atoms with Crippen molar-refractivity contribution >= 4 is 18.0 Å². The number of rotatable bonds is 0. The lowest BCUT2D eigenvalue weighted by atomic mass is 10.2. The maximum Gasteiger partial charge on any atom is 0.218 e. The minimum Gasteiger partial charge on any atom is -1.00 e. The second kappa shape index (κ2) is 3.10. The zero-order chi connectivity index (χ0) is 7.97. The minimum atomic E-state index is 0. The molecule has 0 spiro atoms. The third kappa shape index (κ3) is 1.16. The van der Waals surface area contributed by atoms with Gasteiger partial charge in [0.15, 0.2) is 6.21 Å². The molecule has 1 aromatic rings. The van der Waals surface area contributed by atoms with Crippen LogP contribution in [0.25, 0.3) is 6.08 Å². The molecule has 0 fully saturated rings. The lowest BCUT2D eigenvalue weighted by molar-refractivity contribution is -0.362. The van der Waals surface area contributed by atoms with Crippen molar-refractivity contribution < 1.29 is 28.6 Å². The van der Waals surface area contributed by atoms with Gasteiger partial charge >= 0.3 is 0 Å². The Labute approximate surface area is 94.1 Å². The molecule has 1 nitrogen and oxygen atoms in total. The first-order valence-corrected chi connectivity index (χ1v) is 4.07. The summed E-state index contributed by atoms with van der Waals surface area (Å²) in [5, 5.41) is 0. The van der Waals surface area contributed by atoms with Gasteiger partial charge in [0.1, 0.15) is 0 Å². The Balaban J connectivity index is 0.000000653. The van der Waals surface area contributed by atoms with Crippen LogP contribution >= 0.6 is 0 Å². The van der Waals surface area contributed by atoms with Crippen LogP contribution in [0.4, 0.5) is 5.69 Å². The van der Waals surface area contributed by atoms with Crippen LogP contribution in [0, 0.1) is 0 Å². The molecule has 3 rings (SSSR count). The van der Waals surface area contributed by atoms with E-state index in [2.05, 4.69) is 53.3 Å². The van der Waals surface area contributed by atoms with Crippen LogP contribution in [0.5, 0.6) is 0 Å². The average molecular weight is 281 g/mol. The van der Waals surface area contributed by atoms with E-state index in [1.165, 1.54) is 16.9 Å². The molecule has 0 radical (unpaired) electrons. The van der Waals surface area contributed by atoms with E-state index in [0.29, 0.717) is 0 Å². The maximum atomic E-state index is 2.20. The molecule has 13 heavy (non-hydrogen) atoms. The van der Waals surface area contributed by atoms with E-state index in [-0.39, 0.29) is 24.0 Å². The third-order valence-corrected chi connectivity index (χ3v) is 2.28. The summed E-state index contributed by atoms with van der Waals surface area (Å²) < 4.78 is 2.20. The van der Waals surface area contributed by atoms with Gasteiger partial charge in [0, 0.05) is 24.3 Å². The highest BCUT2D eigenvalue weighted by Gasteiger charge is 2.26. The summed E-state index contributed by atoms with van der Waals surface area (Å²) >= 11 is 0. The fourth-order valence-electron chi connectivity index (χ4n) is 1.72. The normalized spacial score (nSPS) is 15.7. The van der Waals surface area contributed by atoms with Crippen LogP contribution in [0.1, 0.15) is 5.56 Å². The maximum absolute atomic E-state index is 2.20. The molecule has 0 aliphatic carbocycles. The summed E-state index contributed by atoms with van der Waals surface area (Å²) in [7, 11) is 0. The molecule has 0 bridgehead atoms. The number of hydrogen-bond acceptors (Lipinski definition) is 0. The number of hydrogen-bond donors (Lipinski definition) is 0. The lowest BCUT2D eigenvalue weighted by Crippen LogP contribution is -3.00. The molecule has 0 saturated carbocycles. The van der Waals surface area contributed by atoms with Gasteiger partial charge in [-0.25, -0.2) is 0 Å². The van der Waals surface area contributed by atoms with Gasteiger partial charge in [0.2, 0.25) is 11.4 Å². The number of nitrogens with zero attached hydrogens (tertiary/aromatic N) is 1. The summed E-state index contributed by atoms with van der Waals surface area (Å²) in [5.41, 5.74) is 3.88. The van der Waals surface area contributed by atoms with Gasteiger partial charge in [0.05, 0.1) is 5.56 Å². The molecule has 0 saturated heterocycles. The zero-order valence-corrected chi connectivity index (χ0v) is 9.10. The van der Waals surface area contributed by atoms with Gasteiger partial charge in [-0.05, 0) is 6.07 Å². The number of allylic oxidation sites excluding steroid dienone is 2. The summed E-state index contributed by atoms with van der Waals surface area (Å²) in [6, 6.07) is 8.42. The molecule has 0 unspecified atom stereocenters. The van der Waals surface area contributed by atoms with E-state index < -0.39 is 0 Å². The zero-order valence-electron chi connectivity index (χ0n) is 6.94. The largest absolute Gasteiger partial charge is 1.00 e. The van der Waals surface area contributed by atoms with E-state index >= 15 is 0 Å². The van der Waals surface area contributed by atoms with Crippen molar-refractivity contribution in [3.63, 3.8) is 0 Å². The SMILES string of the molecule is C1=CC2=Cc3ccccc3[N+]2=C1.[I-]. The highest BCUT2D eigenvalue weighted by molar-refractivity contribution is 5.79. The Morgan fingerprint density at radius 2 is 1.92 bits per heavy atom. The van der Waals surface area contributed by atoms with Gasteiger partial charge in [-0.2, -0.15) is 4.58 Å². The van der Waals surface area contributed by atoms with Crippen molar-refractivity contribution in [1.82, 2.24) is 0 Å². The Morgan fingerprint density at radius 3 is 2.85 bits per heavy atom.